The first kappa shape index (κ1) is 22.6. The molecule has 1 N–H and O–H groups in total. The zero-order chi connectivity index (χ0) is 22.1. The number of hydrogen-bond acceptors (Lipinski definition) is 4. The van der Waals surface area contributed by atoms with Crippen LogP contribution in [-0.4, -0.2) is 43.6 Å². The molecule has 1 fully saturated rings. The second-order valence-electron chi connectivity index (χ2n) is 7.52. The van der Waals surface area contributed by atoms with Crippen molar-refractivity contribution in [2.24, 2.45) is 10.9 Å². The third-order valence-corrected chi connectivity index (χ3v) is 5.29. The quantitative estimate of drug-likeness (QED) is 0.414. The minimum atomic E-state index is -0.264. The maximum atomic E-state index is 13.3. The van der Waals surface area contributed by atoms with Crippen LogP contribution in [0, 0.1) is 11.7 Å². The number of guanidine groups is 1. The second kappa shape index (κ2) is 11.3. The van der Waals surface area contributed by atoms with Crippen LogP contribution in [0.2, 0.25) is 0 Å². The Morgan fingerprint density at radius 3 is 2.55 bits per heavy atom. The number of likely N-dealkylation sites (tertiary alicyclic amines) is 1. The number of halogens is 1. The molecule has 3 rings (SSSR count). The predicted octanol–water partition coefficient (Wildman–Crippen LogP) is 3.76. The van der Waals surface area contributed by atoms with Crippen molar-refractivity contribution in [1.29, 1.82) is 0 Å². The van der Waals surface area contributed by atoms with Crippen LogP contribution in [0.5, 0.6) is 5.75 Å². The van der Waals surface area contributed by atoms with E-state index >= 15 is 0 Å². The standard InChI is InChI=1S/C24H30FN3O3/c1-3-26-24(28-13-11-20(12-14-28)23(29)30-2)27-16-18-7-9-22(10-8-18)31-17-19-5-4-6-21(25)15-19/h4-10,15,20H,3,11-14,16-17H2,1-2H3,(H,26,27). The molecule has 0 atom stereocenters. The SMILES string of the molecule is CCNC(=NCc1ccc(OCc2cccc(F)c2)cc1)N1CCC(C(=O)OC)CC1. The number of piperidine rings is 1. The molecule has 0 aromatic heterocycles. The van der Waals surface area contributed by atoms with Gasteiger partial charge in [-0.3, -0.25) is 4.79 Å². The smallest absolute Gasteiger partial charge is 0.308 e. The molecule has 1 saturated heterocycles. The van der Waals surface area contributed by atoms with Crippen LogP contribution in [0.25, 0.3) is 0 Å². The Kier molecular flexibility index (Phi) is 8.27. The molecule has 7 heteroatoms. The van der Waals surface area contributed by atoms with E-state index in [1.54, 1.807) is 6.07 Å². The summed E-state index contributed by atoms with van der Waals surface area (Å²) in [5.74, 6) is 1.18. The highest BCUT2D eigenvalue weighted by atomic mass is 19.1. The second-order valence-corrected chi connectivity index (χ2v) is 7.52. The third kappa shape index (κ3) is 6.70. The van der Waals surface area contributed by atoms with Gasteiger partial charge in [0, 0.05) is 19.6 Å². The number of carbonyl (C=O) groups is 1. The van der Waals surface area contributed by atoms with Crippen LogP contribution in [0.1, 0.15) is 30.9 Å². The number of aliphatic imine (C=N–C) groups is 1. The number of ether oxygens (including phenoxy) is 2. The first-order valence-corrected chi connectivity index (χ1v) is 10.7. The summed E-state index contributed by atoms with van der Waals surface area (Å²) >= 11 is 0. The van der Waals surface area contributed by atoms with Gasteiger partial charge in [-0.25, -0.2) is 9.38 Å². The fraction of sp³-hybridized carbons (Fsp3) is 0.417. The lowest BCUT2D eigenvalue weighted by atomic mass is 9.97. The summed E-state index contributed by atoms with van der Waals surface area (Å²) in [6, 6.07) is 14.2. The Balaban J connectivity index is 1.54. The lowest BCUT2D eigenvalue weighted by molar-refractivity contribution is -0.146. The van der Waals surface area contributed by atoms with Gasteiger partial charge in [0.1, 0.15) is 18.2 Å². The molecular weight excluding hydrogens is 397 g/mol. The molecule has 1 heterocycles. The zero-order valence-corrected chi connectivity index (χ0v) is 18.1. The molecule has 0 spiro atoms. The first-order chi connectivity index (χ1) is 15.1. The van der Waals surface area contributed by atoms with E-state index in [4.69, 9.17) is 14.5 Å². The summed E-state index contributed by atoms with van der Waals surface area (Å²) in [6.07, 6.45) is 1.54. The Bertz CT molecular complexity index is 878. The van der Waals surface area contributed by atoms with Gasteiger partial charge < -0.3 is 19.7 Å². The summed E-state index contributed by atoms with van der Waals surface area (Å²) in [7, 11) is 1.44. The Hall–Kier alpha value is -3.09. The highest BCUT2D eigenvalue weighted by Gasteiger charge is 2.26. The van der Waals surface area contributed by atoms with Gasteiger partial charge in [0.25, 0.3) is 0 Å². The van der Waals surface area contributed by atoms with Crippen LogP contribution in [0.3, 0.4) is 0 Å². The molecule has 0 bridgehead atoms. The van der Waals surface area contributed by atoms with Crippen LogP contribution >= 0.6 is 0 Å². The number of methoxy groups -OCH3 is 1. The first-order valence-electron chi connectivity index (χ1n) is 10.7. The van der Waals surface area contributed by atoms with E-state index in [1.165, 1.54) is 19.2 Å². The maximum Gasteiger partial charge on any atom is 0.308 e. The number of esters is 1. The van der Waals surface area contributed by atoms with Crippen molar-refractivity contribution < 1.29 is 18.7 Å². The molecule has 31 heavy (non-hydrogen) atoms. The predicted molar refractivity (Wildman–Crippen MR) is 118 cm³/mol. The van der Waals surface area contributed by atoms with E-state index in [0.29, 0.717) is 13.2 Å². The fourth-order valence-corrected chi connectivity index (χ4v) is 3.57. The van der Waals surface area contributed by atoms with E-state index in [1.807, 2.05) is 37.3 Å². The number of rotatable bonds is 7. The molecule has 0 amide bonds. The molecule has 0 saturated carbocycles. The average Bonchev–Trinajstić information content (AvgIpc) is 2.81. The minimum absolute atomic E-state index is 0.0240. The Morgan fingerprint density at radius 1 is 1.16 bits per heavy atom. The molecule has 6 nitrogen and oxygen atoms in total. The summed E-state index contributed by atoms with van der Waals surface area (Å²) < 4.78 is 23.9. The van der Waals surface area contributed by atoms with E-state index < -0.39 is 0 Å². The van der Waals surface area contributed by atoms with Gasteiger partial charge in [-0.1, -0.05) is 24.3 Å². The summed E-state index contributed by atoms with van der Waals surface area (Å²) in [6.45, 7) is 5.24. The molecule has 1 aliphatic heterocycles. The highest BCUT2D eigenvalue weighted by Crippen LogP contribution is 2.19. The van der Waals surface area contributed by atoms with Crippen molar-refractivity contribution in [1.82, 2.24) is 10.2 Å². The minimum Gasteiger partial charge on any atom is -0.489 e. The van der Waals surface area contributed by atoms with Crippen LogP contribution in [0.4, 0.5) is 4.39 Å². The lowest BCUT2D eigenvalue weighted by Crippen LogP contribution is -2.46. The number of nitrogens with one attached hydrogen (secondary N) is 1. The van der Waals surface area contributed by atoms with Crippen LogP contribution in [-0.2, 0) is 22.7 Å². The van der Waals surface area contributed by atoms with Crippen LogP contribution < -0.4 is 10.1 Å². The summed E-state index contributed by atoms with van der Waals surface area (Å²) in [4.78, 5) is 18.7. The summed E-state index contributed by atoms with van der Waals surface area (Å²) in [5.41, 5.74) is 1.86. The highest BCUT2D eigenvalue weighted by molar-refractivity contribution is 5.80. The average molecular weight is 428 g/mol. The van der Waals surface area contributed by atoms with Gasteiger partial charge >= 0.3 is 5.97 Å². The molecule has 0 aliphatic carbocycles. The van der Waals surface area contributed by atoms with Crippen molar-refractivity contribution in [2.45, 2.75) is 32.9 Å². The monoisotopic (exact) mass is 427 g/mol. The molecule has 0 unspecified atom stereocenters. The van der Waals surface area contributed by atoms with Crippen molar-refractivity contribution in [3.8, 4) is 5.75 Å². The van der Waals surface area contributed by atoms with Gasteiger partial charge in [-0.2, -0.15) is 0 Å². The van der Waals surface area contributed by atoms with Gasteiger partial charge in [-0.15, -0.1) is 0 Å². The van der Waals surface area contributed by atoms with E-state index in [0.717, 1.165) is 55.3 Å². The largest absolute Gasteiger partial charge is 0.489 e. The molecule has 0 radical (unpaired) electrons. The molecule has 2 aromatic carbocycles. The third-order valence-electron chi connectivity index (χ3n) is 5.29. The topological polar surface area (TPSA) is 63.2 Å². The number of nitrogens with zero attached hydrogens (tertiary/aromatic N) is 2. The molecule has 166 valence electrons. The Labute approximate surface area is 183 Å². The fourth-order valence-electron chi connectivity index (χ4n) is 3.57. The van der Waals surface area contributed by atoms with Gasteiger partial charge in [0.2, 0.25) is 0 Å². The van der Waals surface area contributed by atoms with Crippen LogP contribution in [0.15, 0.2) is 53.5 Å². The number of hydrogen-bond donors (Lipinski definition) is 1. The van der Waals surface area contributed by atoms with Crippen molar-refractivity contribution in [3.63, 3.8) is 0 Å². The van der Waals surface area contributed by atoms with E-state index in [-0.39, 0.29) is 17.7 Å². The zero-order valence-electron chi connectivity index (χ0n) is 18.1. The molecular formula is C24H30FN3O3. The number of benzene rings is 2. The molecule has 1 aliphatic rings. The van der Waals surface area contributed by atoms with Crippen molar-refractivity contribution >= 4 is 11.9 Å². The van der Waals surface area contributed by atoms with Gasteiger partial charge in [0.05, 0.1) is 19.6 Å². The molecule has 2 aromatic rings. The summed E-state index contributed by atoms with van der Waals surface area (Å²) in [5, 5.41) is 3.34. The van der Waals surface area contributed by atoms with Crippen molar-refractivity contribution in [2.75, 3.05) is 26.7 Å². The normalized spacial score (nSPS) is 14.9. The number of carbonyl (C=O) groups excluding carboxylic acids is 1. The maximum absolute atomic E-state index is 13.3. The van der Waals surface area contributed by atoms with Crippen molar-refractivity contribution in [3.05, 3.63) is 65.5 Å². The lowest BCUT2D eigenvalue weighted by Gasteiger charge is -2.33. The van der Waals surface area contributed by atoms with E-state index in [9.17, 15) is 9.18 Å². The van der Waals surface area contributed by atoms with Gasteiger partial charge in [-0.05, 0) is 55.2 Å². The Morgan fingerprint density at radius 2 is 1.90 bits per heavy atom. The van der Waals surface area contributed by atoms with E-state index in [2.05, 4.69) is 10.2 Å². The van der Waals surface area contributed by atoms with Gasteiger partial charge in [0.15, 0.2) is 5.96 Å².